The number of hydrogen-bond acceptors (Lipinski definition) is 2. The number of rotatable bonds is 1. The fraction of sp³-hybridized carbons (Fsp3) is 0.143. The van der Waals surface area contributed by atoms with Crippen LogP contribution >= 0.6 is 0 Å². The highest BCUT2D eigenvalue weighted by molar-refractivity contribution is 5.43. The summed E-state index contributed by atoms with van der Waals surface area (Å²) in [7, 11) is 0. The molecule has 0 spiro atoms. The largest absolute Gasteiger partial charge is 0.396 e. The van der Waals surface area contributed by atoms with E-state index in [0.29, 0.717) is 0 Å². The first-order valence-corrected chi connectivity index (χ1v) is 3.00. The van der Waals surface area contributed by atoms with Gasteiger partial charge < -0.3 is 10.8 Å². The van der Waals surface area contributed by atoms with Crippen molar-refractivity contribution in [2.24, 2.45) is 0 Å². The summed E-state index contributed by atoms with van der Waals surface area (Å²) in [5.41, 5.74) is 4.57. The summed E-state index contributed by atoms with van der Waals surface area (Å²) in [6.07, 6.45) is 0. The molecule has 0 aliphatic heterocycles. The number of aliphatic hydroxyl groups excluding tert-OH is 1. The molecule has 0 fully saturated rings. The van der Waals surface area contributed by atoms with Crippen molar-refractivity contribution >= 4 is 5.69 Å². The quantitative estimate of drug-likeness (QED) is 0.601. The van der Waals surface area contributed by atoms with Crippen LogP contribution in [-0.2, 0) is 6.61 Å². The summed E-state index contributed by atoms with van der Waals surface area (Å²) in [4.78, 5) is 0. The summed E-state index contributed by atoms with van der Waals surface area (Å²) in [6.45, 7) is -0.678. The van der Waals surface area contributed by atoms with Crippen LogP contribution < -0.4 is 5.73 Å². The molecule has 0 unspecified atom stereocenters. The zero-order chi connectivity index (χ0) is 8.43. The maximum absolute atomic E-state index is 12.7. The maximum Gasteiger partial charge on any atom is 0.154 e. The molecule has 60 valence electrons. The average molecular weight is 159 g/mol. The van der Waals surface area contributed by atoms with Gasteiger partial charge in [0.25, 0.3) is 0 Å². The predicted molar refractivity (Wildman–Crippen MR) is 36.7 cm³/mol. The van der Waals surface area contributed by atoms with E-state index in [1.165, 1.54) is 0 Å². The SMILES string of the molecule is Nc1ccc(F)c(CO)c1F. The summed E-state index contributed by atoms with van der Waals surface area (Å²) in [5.74, 6) is -1.66. The summed E-state index contributed by atoms with van der Waals surface area (Å²) in [6, 6.07) is 2.13. The lowest BCUT2D eigenvalue weighted by Gasteiger charge is -2.02. The first-order chi connectivity index (χ1) is 5.16. The molecule has 0 saturated carbocycles. The number of aliphatic hydroxyl groups is 1. The van der Waals surface area contributed by atoms with Crippen molar-refractivity contribution in [3.05, 3.63) is 29.3 Å². The van der Waals surface area contributed by atoms with E-state index in [1.807, 2.05) is 0 Å². The van der Waals surface area contributed by atoms with E-state index in [0.717, 1.165) is 12.1 Å². The Labute approximate surface area is 62.3 Å². The lowest BCUT2D eigenvalue weighted by atomic mass is 10.2. The van der Waals surface area contributed by atoms with E-state index in [2.05, 4.69) is 0 Å². The second kappa shape index (κ2) is 2.84. The number of anilines is 1. The fourth-order valence-electron chi connectivity index (χ4n) is 0.761. The average Bonchev–Trinajstić information content (AvgIpc) is 1.99. The normalized spacial score (nSPS) is 10.1. The third-order valence-electron chi connectivity index (χ3n) is 1.37. The second-order valence-electron chi connectivity index (χ2n) is 2.09. The topological polar surface area (TPSA) is 46.2 Å². The van der Waals surface area contributed by atoms with E-state index in [-0.39, 0.29) is 11.3 Å². The van der Waals surface area contributed by atoms with Crippen LogP contribution in [0.5, 0.6) is 0 Å². The van der Waals surface area contributed by atoms with Gasteiger partial charge in [-0.3, -0.25) is 0 Å². The second-order valence-corrected chi connectivity index (χ2v) is 2.09. The molecule has 0 aliphatic rings. The third kappa shape index (κ3) is 1.30. The molecule has 0 aliphatic carbocycles. The summed E-state index contributed by atoms with van der Waals surface area (Å²) < 4.78 is 25.3. The minimum Gasteiger partial charge on any atom is -0.396 e. The van der Waals surface area contributed by atoms with Crippen LogP contribution in [0.15, 0.2) is 12.1 Å². The minimum absolute atomic E-state index is 0.157. The summed E-state index contributed by atoms with van der Waals surface area (Å²) >= 11 is 0. The monoisotopic (exact) mass is 159 g/mol. The minimum atomic E-state index is -0.882. The van der Waals surface area contributed by atoms with Gasteiger partial charge in [-0.25, -0.2) is 8.78 Å². The van der Waals surface area contributed by atoms with Crippen LogP contribution in [0.25, 0.3) is 0 Å². The third-order valence-corrected chi connectivity index (χ3v) is 1.37. The summed E-state index contributed by atoms with van der Waals surface area (Å²) in [5, 5.41) is 8.49. The van der Waals surface area contributed by atoms with Gasteiger partial charge in [-0.05, 0) is 12.1 Å². The molecular weight excluding hydrogens is 152 g/mol. The van der Waals surface area contributed by atoms with Crippen molar-refractivity contribution in [1.82, 2.24) is 0 Å². The Morgan fingerprint density at radius 1 is 1.36 bits per heavy atom. The molecule has 0 atom stereocenters. The van der Waals surface area contributed by atoms with Crippen LogP contribution in [0.3, 0.4) is 0 Å². The molecular formula is C7H7F2NO. The zero-order valence-corrected chi connectivity index (χ0v) is 5.64. The molecule has 0 aromatic heterocycles. The van der Waals surface area contributed by atoms with Gasteiger partial charge in [0.1, 0.15) is 5.82 Å². The number of benzene rings is 1. The first kappa shape index (κ1) is 7.94. The number of nitrogen functional groups attached to an aromatic ring is 1. The molecule has 0 saturated heterocycles. The van der Waals surface area contributed by atoms with Crippen LogP contribution in [0.4, 0.5) is 14.5 Å². The van der Waals surface area contributed by atoms with Gasteiger partial charge in [-0.2, -0.15) is 0 Å². The van der Waals surface area contributed by atoms with Gasteiger partial charge in [0.05, 0.1) is 17.9 Å². The van der Waals surface area contributed by atoms with Gasteiger partial charge in [-0.1, -0.05) is 0 Å². The standard InChI is InChI=1S/C7H7F2NO/c8-5-1-2-6(10)7(9)4(5)3-11/h1-2,11H,3,10H2. The van der Waals surface area contributed by atoms with Crippen molar-refractivity contribution in [2.45, 2.75) is 6.61 Å². The number of nitrogens with two attached hydrogens (primary N) is 1. The molecule has 0 heterocycles. The maximum atomic E-state index is 12.7. The van der Waals surface area contributed by atoms with Crippen LogP contribution in [0.1, 0.15) is 5.56 Å². The molecule has 0 bridgehead atoms. The highest BCUT2D eigenvalue weighted by Crippen LogP contribution is 2.17. The fourth-order valence-corrected chi connectivity index (χ4v) is 0.761. The van der Waals surface area contributed by atoms with Crippen LogP contribution in [-0.4, -0.2) is 5.11 Å². The van der Waals surface area contributed by atoms with Gasteiger partial charge in [0, 0.05) is 0 Å². The van der Waals surface area contributed by atoms with E-state index in [4.69, 9.17) is 10.8 Å². The lowest BCUT2D eigenvalue weighted by Crippen LogP contribution is -1.99. The molecule has 1 aromatic carbocycles. The zero-order valence-electron chi connectivity index (χ0n) is 5.64. The lowest BCUT2D eigenvalue weighted by molar-refractivity contribution is 0.269. The van der Waals surface area contributed by atoms with E-state index >= 15 is 0 Å². The Bertz CT molecular complexity index is 275. The molecule has 1 aromatic rings. The first-order valence-electron chi connectivity index (χ1n) is 3.00. The van der Waals surface area contributed by atoms with Gasteiger partial charge in [0.2, 0.25) is 0 Å². The van der Waals surface area contributed by atoms with E-state index in [1.54, 1.807) is 0 Å². The van der Waals surface area contributed by atoms with Crippen LogP contribution in [0, 0.1) is 11.6 Å². The van der Waals surface area contributed by atoms with Crippen molar-refractivity contribution in [3.63, 3.8) is 0 Å². The van der Waals surface area contributed by atoms with E-state index in [9.17, 15) is 8.78 Å². The molecule has 0 amide bonds. The Balaban J connectivity index is 3.29. The van der Waals surface area contributed by atoms with Crippen LogP contribution in [0.2, 0.25) is 0 Å². The molecule has 4 heteroatoms. The Kier molecular flexibility index (Phi) is 2.05. The Morgan fingerprint density at radius 2 is 2.00 bits per heavy atom. The van der Waals surface area contributed by atoms with Gasteiger partial charge in [0.15, 0.2) is 5.82 Å². The van der Waals surface area contributed by atoms with Gasteiger partial charge in [-0.15, -0.1) is 0 Å². The van der Waals surface area contributed by atoms with Crippen molar-refractivity contribution < 1.29 is 13.9 Å². The van der Waals surface area contributed by atoms with E-state index < -0.39 is 18.2 Å². The van der Waals surface area contributed by atoms with Crippen molar-refractivity contribution in [2.75, 3.05) is 5.73 Å². The van der Waals surface area contributed by atoms with Crippen molar-refractivity contribution in [3.8, 4) is 0 Å². The molecule has 3 N–H and O–H groups in total. The molecule has 1 rings (SSSR count). The predicted octanol–water partition coefficient (Wildman–Crippen LogP) is 1.04. The molecule has 2 nitrogen and oxygen atoms in total. The van der Waals surface area contributed by atoms with Crippen molar-refractivity contribution in [1.29, 1.82) is 0 Å². The highest BCUT2D eigenvalue weighted by atomic mass is 19.1. The molecule has 11 heavy (non-hydrogen) atoms. The Hall–Kier alpha value is -1.16. The molecule has 0 radical (unpaired) electrons. The number of halogens is 2. The Morgan fingerprint density at radius 3 is 2.45 bits per heavy atom. The number of hydrogen-bond donors (Lipinski definition) is 2. The van der Waals surface area contributed by atoms with Gasteiger partial charge >= 0.3 is 0 Å². The highest BCUT2D eigenvalue weighted by Gasteiger charge is 2.09. The smallest absolute Gasteiger partial charge is 0.154 e.